The van der Waals surface area contributed by atoms with Crippen molar-refractivity contribution < 1.29 is 13.6 Å². The fraction of sp³-hybridized carbons (Fsp3) is 0.0526. The topological polar surface area (TPSA) is 68.3 Å². The van der Waals surface area contributed by atoms with E-state index in [1.165, 1.54) is 0 Å². The quantitative estimate of drug-likeness (QED) is 0.502. The van der Waals surface area contributed by atoms with Gasteiger partial charge in [0.1, 0.15) is 5.52 Å². The molecule has 0 bridgehead atoms. The molecule has 4 aromatic rings. The molecule has 2 aromatic carbocycles. The molecule has 4 rings (SSSR count). The van der Waals surface area contributed by atoms with Crippen molar-refractivity contribution in [1.82, 2.24) is 4.98 Å². The van der Waals surface area contributed by atoms with Gasteiger partial charge in [-0.05, 0) is 76.9 Å². The number of fused-ring (bicyclic) bond motifs is 1. The van der Waals surface area contributed by atoms with Crippen molar-refractivity contribution in [3.63, 3.8) is 0 Å². The number of rotatable bonds is 3. The Hall–Kier alpha value is -2.86. The first-order chi connectivity index (χ1) is 12.1. The lowest BCUT2D eigenvalue weighted by Gasteiger charge is -2.03. The number of carbonyl (C=O) groups is 1. The lowest BCUT2D eigenvalue weighted by atomic mass is 10.2. The van der Waals surface area contributed by atoms with Gasteiger partial charge in [-0.3, -0.25) is 4.79 Å². The summed E-state index contributed by atoms with van der Waals surface area (Å²) in [6.07, 6.45) is 0. The molecule has 25 heavy (non-hydrogen) atoms. The molecule has 124 valence electrons. The molecule has 2 aromatic heterocycles. The number of nitrogens with one attached hydrogen (secondary N) is 1. The fourth-order valence-corrected chi connectivity index (χ4v) is 2.79. The molecule has 0 saturated heterocycles. The van der Waals surface area contributed by atoms with Crippen LogP contribution in [0, 0.1) is 6.92 Å². The molecule has 0 atom stereocenters. The van der Waals surface area contributed by atoms with Crippen LogP contribution in [0.15, 0.2) is 68.1 Å². The summed E-state index contributed by atoms with van der Waals surface area (Å²) in [5.74, 6) is 0.481. The van der Waals surface area contributed by atoms with E-state index in [1.807, 2.05) is 37.3 Å². The Morgan fingerprint density at radius 3 is 2.56 bits per heavy atom. The van der Waals surface area contributed by atoms with Crippen molar-refractivity contribution in [3.8, 4) is 11.5 Å². The fourth-order valence-electron chi connectivity index (χ4n) is 2.48. The summed E-state index contributed by atoms with van der Waals surface area (Å²) in [6.45, 7) is 2.01. The average molecular weight is 397 g/mol. The number of hydrogen-bond acceptors (Lipinski definition) is 4. The number of aromatic nitrogens is 1. The lowest BCUT2D eigenvalue weighted by molar-refractivity contribution is 0.0995. The Kier molecular flexibility index (Phi) is 3.89. The highest BCUT2D eigenvalue weighted by molar-refractivity contribution is 9.10. The van der Waals surface area contributed by atoms with E-state index in [4.69, 9.17) is 8.83 Å². The molecule has 2 heterocycles. The summed E-state index contributed by atoms with van der Waals surface area (Å²) < 4.78 is 11.6. The third-order valence-corrected chi connectivity index (χ3v) is 4.16. The van der Waals surface area contributed by atoms with Gasteiger partial charge in [0.05, 0.1) is 0 Å². The molecule has 0 aliphatic carbocycles. The van der Waals surface area contributed by atoms with Crippen LogP contribution in [0.1, 0.15) is 16.1 Å². The van der Waals surface area contributed by atoms with E-state index in [2.05, 4.69) is 26.2 Å². The van der Waals surface area contributed by atoms with Crippen LogP contribution in [0.4, 0.5) is 5.69 Å². The zero-order valence-electron chi connectivity index (χ0n) is 13.2. The van der Waals surface area contributed by atoms with E-state index in [9.17, 15) is 4.79 Å². The number of benzene rings is 2. The van der Waals surface area contributed by atoms with Crippen molar-refractivity contribution in [3.05, 3.63) is 70.6 Å². The molecule has 0 fully saturated rings. The first kappa shape index (κ1) is 15.7. The molecule has 0 spiro atoms. The summed E-state index contributed by atoms with van der Waals surface area (Å²) in [7, 11) is 0. The van der Waals surface area contributed by atoms with Crippen LogP contribution in [-0.2, 0) is 0 Å². The number of hydrogen-bond donors (Lipinski definition) is 1. The molecular weight excluding hydrogens is 384 g/mol. The molecule has 0 unspecified atom stereocenters. The van der Waals surface area contributed by atoms with Gasteiger partial charge in [0, 0.05) is 11.3 Å². The van der Waals surface area contributed by atoms with Gasteiger partial charge in [-0.2, -0.15) is 0 Å². The summed E-state index contributed by atoms with van der Waals surface area (Å²) in [4.78, 5) is 16.6. The van der Waals surface area contributed by atoms with E-state index in [0.717, 1.165) is 22.2 Å². The van der Waals surface area contributed by atoms with Crippen molar-refractivity contribution in [2.75, 3.05) is 5.32 Å². The Bertz CT molecular complexity index is 1060. The van der Waals surface area contributed by atoms with Crippen molar-refractivity contribution in [2.24, 2.45) is 0 Å². The summed E-state index contributed by atoms with van der Waals surface area (Å²) in [6, 6.07) is 16.5. The first-order valence-electron chi connectivity index (χ1n) is 7.63. The number of carbonyl (C=O) groups excluding carboxylic acids is 1. The van der Waals surface area contributed by atoms with Gasteiger partial charge in [0.25, 0.3) is 5.91 Å². The maximum Gasteiger partial charge on any atom is 0.291 e. The Morgan fingerprint density at radius 1 is 1.04 bits per heavy atom. The van der Waals surface area contributed by atoms with Crippen LogP contribution in [0.25, 0.3) is 22.6 Å². The molecule has 0 saturated carbocycles. The molecule has 0 aliphatic heterocycles. The Morgan fingerprint density at radius 2 is 1.84 bits per heavy atom. The van der Waals surface area contributed by atoms with Crippen molar-refractivity contribution >= 4 is 38.6 Å². The third kappa shape index (κ3) is 3.21. The van der Waals surface area contributed by atoms with E-state index in [1.54, 1.807) is 24.3 Å². The third-order valence-electron chi connectivity index (χ3n) is 3.73. The highest BCUT2D eigenvalue weighted by Gasteiger charge is 2.12. The number of halogens is 1. The van der Waals surface area contributed by atoms with Gasteiger partial charge >= 0.3 is 0 Å². The highest BCUT2D eigenvalue weighted by Crippen LogP contribution is 2.26. The van der Waals surface area contributed by atoms with Gasteiger partial charge in [0.15, 0.2) is 16.0 Å². The van der Waals surface area contributed by atoms with Gasteiger partial charge in [0.2, 0.25) is 5.89 Å². The SMILES string of the molecule is Cc1ccc2nc(-c3ccc(NC(=O)c4ccc(Br)o4)cc3)oc2c1. The van der Waals surface area contributed by atoms with Gasteiger partial charge in [-0.25, -0.2) is 4.98 Å². The van der Waals surface area contributed by atoms with E-state index in [-0.39, 0.29) is 11.7 Å². The van der Waals surface area contributed by atoms with Crippen LogP contribution in [0.2, 0.25) is 0 Å². The second-order valence-electron chi connectivity index (χ2n) is 5.63. The number of oxazole rings is 1. The predicted octanol–water partition coefficient (Wildman–Crippen LogP) is 5.41. The van der Waals surface area contributed by atoms with Gasteiger partial charge in [-0.15, -0.1) is 0 Å². The summed E-state index contributed by atoms with van der Waals surface area (Å²) >= 11 is 3.18. The molecule has 1 N–H and O–H groups in total. The molecule has 6 heteroatoms. The molecule has 0 aliphatic rings. The second kappa shape index (κ2) is 6.22. The van der Waals surface area contributed by atoms with Crippen molar-refractivity contribution in [1.29, 1.82) is 0 Å². The van der Waals surface area contributed by atoms with Gasteiger partial charge in [-0.1, -0.05) is 6.07 Å². The minimum Gasteiger partial charge on any atom is -0.444 e. The minimum atomic E-state index is -0.309. The normalized spacial score (nSPS) is 11.0. The standard InChI is InChI=1S/C19H13BrN2O3/c1-11-2-7-14-16(10-11)25-19(22-14)12-3-5-13(6-4-12)21-18(23)15-8-9-17(20)24-15/h2-10H,1H3,(H,21,23). The smallest absolute Gasteiger partial charge is 0.291 e. The highest BCUT2D eigenvalue weighted by atomic mass is 79.9. The monoisotopic (exact) mass is 396 g/mol. The van der Waals surface area contributed by atoms with Crippen LogP contribution < -0.4 is 5.32 Å². The van der Waals surface area contributed by atoms with Crippen LogP contribution in [0.5, 0.6) is 0 Å². The molecular formula is C19H13BrN2O3. The van der Waals surface area contributed by atoms with Gasteiger partial charge < -0.3 is 14.2 Å². The lowest BCUT2D eigenvalue weighted by Crippen LogP contribution is -2.10. The number of amides is 1. The molecule has 0 radical (unpaired) electrons. The number of anilines is 1. The molecule has 5 nitrogen and oxygen atoms in total. The largest absolute Gasteiger partial charge is 0.444 e. The summed E-state index contributed by atoms with van der Waals surface area (Å²) in [5, 5.41) is 2.78. The van der Waals surface area contributed by atoms with Crippen LogP contribution in [-0.4, -0.2) is 10.9 Å². The van der Waals surface area contributed by atoms with E-state index >= 15 is 0 Å². The van der Waals surface area contributed by atoms with Crippen molar-refractivity contribution in [2.45, 2.75) is 6.92 Å². The van der Waals surface area contributed by atoms with E-state index in [0.29, 0.717) is 16.2 Å². The average Bonchev–Trinajstić information content (AvgIpc) is 3.21. The van der Waals surface area contributed by atoms with E-state index < -0.39 is 0 Å². The zero-order chi connectivity index (χ0) is 17.4. The number of furan rings is 1. The number of nitrogens with zero attached hydrogens (tertiary/aromatic N) is 1. The number of aryl methyl sites for hydroxylation is 1. The zero-order valence-corrected chi connectivity index (χ0v) is 14.8. The maximum atomic E-state index is 12.1. The Balaban J connectivity index is 1.55. The first-order valence-corrected chi connectivity index (χ1v) is 8.42. The minimum absolute atomic E-state index is 0.241. The molecule has 1 amide bonds. The predicted molar refractivity (Wildman–Crippen MR) is 98.5 cm³/mol. The maximum absolute atomic E-state index is 12.1. The van der Waals surface area contributed by atoms with Crippen LogP contribution >= 0.6 is 15.9 Å². The Labute approximate surface area is 151 Å². The second-order valence-corrected chi connectivity index (χ2v) is 6.41. The summed E-state index contributed by atoms with van der Waals surface area (Å²) in [5.41, 5.74) is 4.20. The van der Waals surface area contributed by atoms with Crippen LogP contribution in [0.3, 0.4) is 0 Å².